The number of carboxylic acid groups (broad SMARTS) is 1. The second kappa shape index (κ2) is 8.30. The van der Waals surface area contributed by atoms with Gasteiger partial charge >= 0.3 is 11.9 Å². The molecule has 0 saturated heterocycles. The molecule has 1 rings (SSSR count). The number of benzene rings is 1. The molecule has 0 bridgehead atoms. The summed E-state index contributed by atoms with van der Waals surface area (Å²) in [7, 11) is 1.55. The van der Waals surface area contributed by atoms with Crippen molar-refractivity contribution in [3.05, 3.63) is 35.6 Å². The van der Waals surface area contributed by atoms with Crippen LogP contribution < -0.4 is 11.1 Å². The number of hydrogen-bond donors (Lipinski definition) is 3. The lowest BCUT2D eigenvalue weighted by molar-refractivity contribution is -0.275. The van der Waals surface area contributed by atoms with Gasteiger partial charge in [0.1, 0.15) is 24.5 Å². The van der Waals surface area contributed by atoms with Gasteiger partial charge < -0.3 is 16.2 Å². The van der Waals surface area contributed by atoms with E-state index >= 15 is 0 Å². The molecule has 0 radical (unpaired) electrons. The molecular weight excluding hydrogens is 283 g/mol. The van der Waals surface area contributed by atoms with E-state index < -0.39 is 30.6 Å². The van der Waals surface area contributed by atoms with Crippen molar-refractivity contribution in [1.82, 2.24) is 5.32 Å². The van der Waals surface area contributed by atoms with Crippen molar-refractivity contribution >= 4 is 11.9 Å². The van der Waals surface area contributed by atoms with Gasteiger partial charge in [0.2, 0.25) is 0 Å². The van der Waals surface area contributed by atoms with Gasteiger partial charge in [0.25, 0.3) is 0 Å². The third-order valence-electron chi connectivity index (χ3n) is 2.69. The van der Waals surface area contributed by atoms with Gasteiger partial charge in [-0.25, -0.2) is 9.18 Å². The molecule has 21 heavy (non-hydrogen) atoms. The average Bonchev–Trinajstić information content (AvgIpc) is 2.46. The molecule has 8 heteroatoms. The lowest BCUT2D eigenvalue weighted by Gasteiger charge is -2.14. The summed E-state index contributed by atoms with van der Waals surface area (Å²) in [5, 5.41) is 11.3. The van der Waals surface area contributed by atoms with E-state index in [1.165, 1.54) is 12.1 Å². The molecule has 0 aliphatic carbocycles. The molecule has 0 saturated carbocycles. The van der Waals surface area contributed by atoms with Crippen molar-refractivity contribution < 1.29 is 28.9 Å². The van der Waals surface area contributed by atoms with Gasteiger partial charge in [-0.05, 0) is 31.2 Å². The van der Waals surface area contributed by atoms with Crippen LogP contribution in [0.25, 0.3) is 0 Å². The van der Waals surface area contributed by atoms with Gasteiger partial charge in [-0.1, -0.05) is 12.1 Å². The van der Waals surface area contributed by atoms with Gasteiger partial charge in [-0.3, -0.25) is 9.68 Å². The van der Waals surface area contributed by atoms with E-state index in [-0.39, 0.29) is 12.2 Å². The van der Waals surface area contributed by atoms with E-state index in [9.17, 15) is 14.0 Å². The molecule has 2 atom stereocenters. The Kier molecular flexibility index (Phi) is 6.73. The van der Waals surface area contributed by atoms with Crippen LogP contribution in [0.3, 0.4) is 0 Å². The normalized spacial score (nSPS) is 13.5. The number of hydrogen-bond acceptors (Lipinski definition) is 6. The molecule has 0 amide bonds. The number of likely N-dealkylation sites (N-methyl/N-ethyl adjacent to an activating group) is 1. The van der Waals surface area contributed by atoms with Gasteiger partial charge in [0.05, 0.1) is 0 Å². The van der Waals surface area contributed by atoms with E-state index in [1.807, 2.05) is 0 Å². The SMILES string of the molecule is CN[C@@H](Cc1ccc(F)cc1)C(=O)OOC[C@H](N)C(=O)O. The molecule has 0 heterocycles. The minimum Gasteiger partial charge on any atom is -0.480 e. The van der Waals surface area contributed by atoms with Crippen molar-refractivity contribution in [3.8, 4) is 0 Å². The highest BCUT2D eigenvalue weighted by Gasteiger charge is 2.21. The first-order chi connectivity index (χ1) is 9.93. The molecule has 7 nitrogen and oxygen atoms in total. The van der Waals surface area contributed by atoms with Crippen LogP contribution in [0.1, 0.15) is 5.56 Å². The Morgan fingerprint density at radius 1 is 1.38 bits per heavy atom. The topological polar surface area (TPSA) is 111 Å². The quantitative estimate of drug-likeness (QED) is 0.452. The Hall–Kier alpha value is -2.03. The lowest BCUT2D eigenvalue weighted by Crippen LogP contribution is -2.39. The molecule has 1 aromatic carbocycles. The van der Waals surface area contributed by atoms with Crippen LogP contribution >= 0.6 is 0 Å². The Bertz CT molecular complexity index is 480. The number of nitrogens with two attached hydrogens (primary N) is 1. The first kappa shape index (κ1) is 17.0. The van der Waals surface area contributed by atoms with Gasteiger partial charge in [0.15, 0.2) is 0 Å². The molecule has 0 aromatic heterocycles. The number of carboxylic acids is 1. The molecule has 4 N–H and O–H groups in total. The fraction of sp³-hybridized carbons (Fsp3) is 0.385. The van der Waals surface area contributed by atoms with Crippen LogP contribution in [0.5, 0.6) is 0 Å². The largest absolute Gasteiger partial charge is 0.480 e. The summed E-state index contributed by atoms with van der Waals surface area (Å²) >= 11 is 0. The Morgan fingerprint density at radius 2 is 2.00 bits per heavy atom. The zero-order chi connectivity index (χ0) is 15.8. The number of aliphatic carboxylic acids is 1. The highest BCUT2D eigenvalue weighted by Crippen LogP contribution is 2.07. The number of carbonyl (C=O) groups is 2. The predicted octanol–water partition coefficient (Wildman–Crippen LogP) is -0.157. The van der Waals surface area contributed by atoms with Crippen LogP contribution in [-0.4, -0.2) is 42.8 Å². The van der Waals surface area contributed by atoms with Crippen LogP contribution in [0, 0.1) is 5.82 Å². The van der Waals surface area contributed by atoms with Crippen LogP contribution in [0.4, 0.5) is 4.39 Å². The summed E-state index contributed by atoms with van der Waals surface area (Å²) in [6, 6.07) is 3.69. The van der Waals surface area contributed by atoms with Crippen LogP contribution in [0.2, 0.25) is 0 Å². The fourth-order valence-corrected chi connectivity index (χ4v) is 1.45. The number of halogens is 1. The van der Waals surface area contributed by atoms with E-state index in [2.05, 4.69) is 15.1 Å². The van der Waals surface area contributed by atoms with E-state index in [4.69, 9.17) is 10.8 Å². The third kappa shape index (κ3) is 5.86. The summed E-state index contributed by atoms with van der Waals surface area (Å²) in [6.07, 6.45) is 0.268. The van der Waals surface area contributed by atoms with E-state index in [0.717, 1.165) is 5.56 Å². The summed E-state index contributed by atoms with van der Waals surface area (Å²) in [6.45, 7) is -0.450. The smallest absolute Gasteiger partial charge is 0.359 e. The summed E-state index contributed by atoms with van der Waals surface area (Å²) in [5.41, 5.74) is 5.91. The van der Waals surface area contributed by atoms with Gasteiger partial charge in [0, 0.05) is 0 Å². The zero-order valence-electron chi connectivity index (χ0n) is 11.4. The van der Waals surface area contributed by atoms with E-state index in [0.29, 0.717) is 0 Å². The van der Waals surface area contributed by atoms with Gasteiger partial charge in [-0.2, -0.15) is 4.89 Å². The van der Waals surface area contributed by atoms with Gasteiger partial charge in [-0.15, -0.1) is 0 Å². The number of rotatable bonds is 8. The van der Waals surface area contributed by atoms with Crippen LogP contribution in [-0.2, 0) is 25.8 Å². The Labute approximate surface area is 120 Å². The summed E-state index contributed by atoms with van der Waals surface area (Å²) in [4.78, 5) is 31.2. The first-order valence-corrected chi connectivity index (χ1v) is 6.17. The average molecular weight is 300 g/mol. The van der Waals surface area contributed by atoms with Crippen molar-refractivity contribution in [2.75, 3.05) is 13.7 Å². The highest BCUT2D eigenvalue weighted by molar-refractivity contribution is 5.75. The first-order valence-electron chi connectivity index (χ1n) is 6.17. The Balaban J connectivity index is 2.46. The molecule has 0 unspecified atom stereocenters. The molecule has 116 valence electrons. The minimum atomic E-state index is -1.28. The zero-order valence-corrected chi connectivity index (χ0v) is 11.4. The maximum absolute atomic E-state index is 12.8. The number of nitrogens with one attached hydrogen (secondary N) is 1. The molecule has 0 aliphatic rings. The molecule has 0 fully saturated rings. The lowest BCUT2D eigenvalue weighted by atomic mass is 10.1. The predicted molar refractivity (Wildman–Crippen MR) is 70.6 cm³/mol. The second-order valence-electron chi connectivity index (χ2n) is 4.30. The van der Waals surface area contributed by atoms with Crippen LogP contribution in [0.15, 0.2) is 24.3 Å². The second-order valence-corrected chi connectivity index (χ2v) is 4.30. The maximum atomic E-state index is 12.8. The standard InChI is InChI=1S/C13H17FN2O5/c1-16-11(6-8-2-4-9(14)5-3-8)13(19)21-20-7-10(15)12(17)18/h2-5,10-11,16H,6-7,15H2,1H3,(H,17,18)/t10-,11-/m0/s1. The summed E-state index contributed by atoms with van der Waals surface area (Å²) in [5.74, 6) is -2.35. The highest BCUT2D eigenvalue weighted by atomic mass is 19.1. The van der Waals surface area contributed by atoms with Crippen molar-refractivity contribution in [3.63, 3.8) is 0 Å². The Morgan fingerprint density at radius 3 is 2.52 bits per heavy atom. The number of carbonyl (C=O) groups excluding carboxylic acids is 1. The monoisotopic (exact) mass is 300 g/mol. The van der Waals surface area contributed by atoms with Crippen molar-refractivity contribution in [1.29, 1.82) is 0 Å². The summed E-state index contributed by atoms with van der Waals surface area (Å²) < 4.78 is 12.8. The molecule has 1 aromatic rings. The van der Waals surface area contributed by atoms with Crippen molar-refractivity contribution in [2.45, 2.75) is 18.5 Å². The van der Waals surface area contributed by atoms with E-state index in [1.54, 1.807) is 19.2 Å². The maximum Gasteiger partial charge on any atom is 0.359 e. The van der Waals surface area contributed by atoms with Crippen molar-refractivity contribution in [2.24, 2.45) is 5.73 Å². The molecule has 0 spiro atoms. The third-order valence-corrected chi connectivity index (χ3v) is 2.69. The molecular formula is C13H17FN2O5. The molecule has 0 aliphatic heterocycles. The minimum absolute atomic E-state index is 0.268. The fourth-order valence-electron chi connectivity index (χ4n) is 1.45.